The first kappa shape index (κ1) is 19.2. The Hall–Kier alpha value is -2.62. The van der Waals surface area contributed by atoms with E-state index in [0.717, 1.165) is 18.5 Å². The first-order chi connectivity index (χ1) is 12.8. The van der Waals surface area contributed by atoms with Crippen molar-refractivity contribution in [1.29, 1.82) is 0 Å². The minimum absolute atomic E-state index is 0.00262. The molecule has 0 saturated carbocycles. The molecule has 27 heavy (non-hydrogen) atoms. The van der Waals surface area contributed by atoms with E-state index in [1.165, 1.54) is 5.56 Å². The van der Waals surface area contributed by atoms with Crippen LogP contribution in [0.5, 0.6) is 0 Å². The maximum Gasteiger partial charge on any atom is 0.253 e. The van der Waals surface area contributed by atoms with Crippen LogP contribution in [0.1, 0.15) is 49.5 Å². The molecule has 2 amide bonds. The van der Waals surface area contributed by atoms with E-state index in [9.17, 15) is 9.59 Å². The molecule has 1 aliphatic rings. The van der Waals surface area contributed by atoms with Crippen LogP contribution in [0.2, 0.25) is 0 Å². The summed E-state index contributed by atoms with van der Waals surface area (Å²) in [5.41, 5.74) is 2.71. The highest BCUT2D eigenvalue weighted by molar-refractivity contribution is 5.96. The molecule has 1 aliphatic heterocycles. The van der Waals surface area contributed by atoms with Gasteiger partial charge in [-0.25, -0.2) is 0 Å². The molecule has 3 rings (SSSR count). The molecule has 1 atom stereocenters. The number of hydrogen-bond donors (Lipinski definition) is 1. The van der Waals surface area contributed by atoms with Crippen LogP contribution >= 0.6 is 0 Å². The first-order valence-corrected chi connectivity index (χ1v) is 9.60. The zero-order chi connectivity index (χ0) is 19.4. The molecule has 0 spiro atoms. The van der Waals surface area contributed by atoms with E-state index in [-0.39, 0.29) is 23.1 Å². The van der Waals surface area contributed by atoms with Crippen molar-refractivity contribution < 1.29 is 9.59 Å². The number of rotatable bonds is 3. The van der Waals surface area contributed by atoms with Gasteiger partial charge in [0.2, 0.25) is 5.91 Å². The third kappa shape index (κ3) is 4.76. The Morgan fingerprint density at radius 2 is 1.78 bits per heavy atom. The van der Waals surface area contributed by atoms with E-state index in [2.05, 4.69) is 32.2 Å². The van der Waals surface area contributed by atoms with E-state index in [1.807, 2.05) is 48.5 Å². The van der Waals surface area contributed by atoms with Crippen molar-refractivity contribution in [2.75, 3.05) is 18.4 Å². The number of carbonyl (C=O) groups excluding carboxylic acids is 2. The van der Waals surface area contributed by atoms with Crippen LogP contribution in [0.4, 0.5) is 5.69 Å². The van der Waals surface area contributed by atoms with E-state index in [1.54, 1.807) is 4.90 Å². The molecule has 142 valence electrons. The Kier molecular flexibility index (Phi) is 5.64. The zero-order valence-electron chi connectivity index (χ0n) is 16.4. The number of nitrogens with zero attached hydrogens (tertiary/aromatic N) is 1. The highest BCUT2D eigenvalue weighted by Crippen LogP contribution is 2.26. The molecule has 2 aromatic rings. The van der Waals surface area contributed by atoms with Crippen LogP contribution in [0.15, 0.2) is 54.6 Å². The number of amides is 2. The van der Waals surface area contributed by atoms with Gasteiger partial charge in [0.1, 0.15) is 0 Å². The van der Waals surface area contributed by atoms with Crippen LogP contribution in [-0.2, 0) is 10.2 Å². The van der Waals surface area contributed by atoms with Crippen LogP contribution in [0.3, 0.4) is 0 Å². The summed E-state index contributed by atoms with van der Waals surface area (Å²) >= 11 is 0. The molecule has 1 heterocycles. The van der Waals surface area contributed by atoms with Crippen LogP contribution < -0.4 is 5.32 Å². The van der Waals surface area contributed by atoms with Gasteiger partial charge in [-0.3, -0.25) is 9.59 Å². The SMILES string of the molecule is CC(C)(C)c1cccc(NC(=O)C2CCCN(C(=O)c3ccccc3)C2)c1. The number of likely N-dealkylation sites (tertiary alicyclic amines) is 1. The van der Waals surface area contributed by atoms with Crippen molar-refractivity contribution in [3.05, 3.63) is 65.7 Å². The summed E-state index contributed by atoms with van der Waals surface area (Å²) in [4.78, 5) is 27.3. The summed E-state index contributed by atoms with van der Waals surface area (Å²) in [7, 11) is 0. The number of hydrogen-bond acceptors (Lipinski definition) is 2. The fourth-order valence-corrected chi connectivity index (χ4v) is 3.45. The predicted octanol–water partition coefficient (Wildman–Crippen LogP) is 4.48. The maximum atomic E-state index is 12.8. The second-order valence-electron chi connectivity index (χ2n) is 8.28. The third-order valence-corrected chi connectivity index (χ3v) is 5.10. The van der Waals surface area contributed by atoms with Gasteiger partial charge in [-0.15, -0.1) is 0 Å². The van der Waals surface area contributed by atoms with Gasteiger partial charge in [-0.1, -0.05) is 51.1 Å². The second-order valence-corrected chi connectivity index (χ2v) is 8.28. The van der Waals surface area contributed by atoms with Crippen molar-refractivity contribution in [3.8, 4) is 0 Å². The molecule has 0 aliphatic carbocycles. The smallest absolute Gasteiger partial charge is 0.253 e. The topological polar surface area (TPSA) is 49.4 Å². The number of benzene rings is 2. The quantitative estimate of drug-likeness (QED) is 0.873. The minimum atomic E-state index is -0.176. The van der Waals surface area contributed by atoms with Crippen molar-refractivity contribution in [2.24, 2.45) is 5.92 Å². The largest absolute Gasteiger partial charge is 0.338 e. The van der Waals surface area contributed by atoms with Gasteiger partial charge >= 0.3 is 0 Å². The molecule has 4 nitrogen and oxygen atoms in total. The lowest BCUT2D eigenvalue weighted by molar-refractivity contribution is -0.121. The molecule has 1 fully saturated rings. The highest BCUT2D eigenvalue weighted by Gasteiger charge is 2.29. The zero-order valence-corrected chi connectivity index (χ0v) is 16.4. The van der Waals surface area contributed by atoms with E-state index in [0.29, 0.717) is 18.7 Å². The second kappa shape index (κ2) is 7.95. The summed E-state index contributed by atoms with van der Waals surface area (Å²) in [5, 5.41) is 3.05. The highest BCUT2D eigenvalue weighted by atomic mass is 16.2. The molecule has 1 unspecified atom stereocenters. The summed E-state index contributed by atoms with van der Waals surface area (Å²) in [6.07, 6.45) is 1.65. The van der Waals surface area contributed by atoms with E-state index < -0.39 is 0 Å². The molecule has 2 aromatic carbocycles. The predicted molar refractivity (Wildman–Crippen MR) is 109 cm³/mol. The van der Waals surface area contributed by atoms with Crippen molar-refractivity contribution in [1.82, 2.24) is 4.90 Å². The van der Waals surface area contributed by atoms with Crippen LogP contribution in [0, 0.1) is 5.92 Å². The van der Waals surface area contributed by atoms with Gasteiger partial charge in [0, 0.05) is 24.3 Å². The van der Waals surface area contributed by atoms with Crippen molar-refractivity contribution in [2.45, 2.75) is 39.0 Å². The van der Waals surface area contributed by atoms with Gasteiger partial charge in [-0.05, 0) is 48.1 Å². The summed E-state index contributed by atoms with van der Waals surface area (Å²) in [6.45, 7) is 7.64. The van der Waals surface area contributed by atoms with Gasteiger partial charge in [-0.2, -0.15) is 0 Å². The summed E-state index contributed by atoms with van der Waals surface area (Å²) in [5.74, 6) is -0.181. The average Bonchev–Trinajstić information content (AvgIpc) is 2.68. The Balaban J connectivity index is 1.66. The van der Waals surface area contributed by atoms with E-state index >= 15 is 0 Å². The fourth-order valence-electron chi connectivity index (χ4n) is 3.45. The lowest BCUT2D eigenvalue weighted by Crippen LogP contribution is -2.43. The first-order valence-electron chi connectivity index (χ1n) is 9.60. The number of carbonyl (C=O) groups is 2. The molecular formula is C23H28N2O2. The molecule has 0 bridgehead atoms. The molecular weight excluding hydrogens is 336 g/mol. The maximum absolute atomic E-state index is 12.8. The van der Waals surface area contributed by atoms with Crippen molar-refractivity contribution >= 4 is 17.5 Å². The van der Waals surface area contributed by atoms with E-state index in [4.69, 9.17) is 0 Å². The van der Waals surface area contributed by atoms with Gasteiger partial charge in [0.25, 0.3) is 5.91 Å². The minimum Gasteiger partial charge on any atom is -0.338 e. The number of piperidine rings is 1. The molecule has 4 heteroatoms. The Morgan fingerprint density at radius 3 is 2.48 bits per heavy atom. The van der Waals surface area contributed by atoms with Crippen molar-refractivity contribution in [3.63, 3.8) is 0 Å². The number of nitrogens with one attached hydrogen (secondary N) is 1. The van der Waals surface area contributed by atoms with Crippen LogP contribution in [-0.4, -0.2) is 29.8 Å². The third-order valence-electron chi connectivity index (χ3n) is 5.10. The lowest BCUT2D eigenvalue weighted by atomic mass is 9.87. The number of anilines is 1. The monoisotopic (exact) mass is 364 g/mol. The molecule has 1 N–H and O–H groups in total. The average molecular weight is 364 g/mol. The van der Waals surface area contributed by atoms with Gasteiger partial charge in [0.05, 0.1) is 5.92 Å². The Bertz CT molecular complexity index is 809. The Morgan fingerprint density at radius 1 is 1.04 bits per heavy atom. The molecule has 0 aromatic heterocycles. The Labute approximate surface area is 161 Å². The summed E-state index contributed by atoms with van der Waals surface area (Å²) < 4.78 is 0. The van der Waals surface area contributed by atoms with Gasteiger partial charge in [0.15, 0.2) is 0 Å². The van der Waals surface area contributed by atoms with Crippen LogP contribution in [0.25, 0.3) is 0 Å². The molecule has 0 radical (unpaired) electrons. The standard InChI is InChI=1S/C23H28N2O2/c1-23(2,3)19-12-7-13-20(15-19)24-21(26)18-11-8-14-25(16-18)22(27)17-9-5-4-6-10-17/h4-7,9-10,12-13,15,18H,8,11,14,16H2,1-3H3,(H,24,26). The molecule has 1 saturated heterocycles. The lowest BCUT2D eigenvalue weighted by Gasteiger charge is -2.32. The summed E-state index contributed by atoms with van der Waals surface area (Å²) in [6, 6.07) is 17.3. The fraction of sp³-hybridized carbons (Fsp3) is 0.391. The normalized spacial score (nSPS) is 17.4. The van der Waals surface area contributed by atoms with Gasteiger partial charge < -0.3 is 10.2 Å².